The minimum atomic E-state index is -0.480. The maximum atomic E-state index is 9.69. The monoisotopic (exact) mass is 271 g/mol. The van der Waals surface area contributed by atoms with Gasteiger partial charge < -0.3 is 15.2 Å². The van der Waals surface area contributed by atoms with Gasteiger partial charge >= 0.3 is 0 Å². The first-order valence-corrected chi connectivity index (χ1v) is 6.67. The summed E-state index contributed by atoms with van der Waals surface area (Å²) in [5.41, 5.74) is 1.04. The summed E-state index contributed by atoms with van der Waals surface area (Å²) >= 11 is 6.03. The van der Waals surface area contributed by atoms with E-state index in [1.807, 2.05) is 24.3 Å². The van der Waals surface area contributed by atoms with Crippen LogP contribution in [0.25, 0.3) is 0 Å². The molecule has 0 saturated heterocycles. The summed E-state index contributed by atoms with van der Waals surface area (Å²) in [6.45, 7) is 6.38. The molecule has 18 heavy (non-hydrogen) atoms. The Bertz CT molecular complexity index is 344. The van der Waals surface area contributed by atoms with Gasteiger partial charge in [0.15, 0.2) is 0 Å². The Labute approximate surface area is 114 Å². The van der Waals surface area contributed by atoms with Gasteiger partial charge in [-0.15, -0.1) is 0 Å². The van der Waals surface area contributed by atoms with Gasteiger partial charge in [-0.2, -0.15) is 0 Å². The lowest BCUT2D eigenvalue weighted by Gasteiger charge is -2.13. The lowest BCUT2D eigenvalue weighted by Crippen LogP contribution is -2.30. The van der Waals surface area contributed by atoms with Crippen molar-refractivity contribution in [2.75, 3.05) is 19.8 Å². The summed E-state index contributed by atoms with van der Waals surface area (Å²) < 4.78 is 5.37. The van der Waals surface area contributed by atoms with E-state index in [0.29, 0.717) is 32.2 Å². The fourth-order valence-electron chi connectivity index (χ4n) is 1.51. The first-order chi connectivity index (χ1) is 8.59. The summed E-state index contributed by atoms with van der Waals surface area (Å²) in [5, 5.41) is 13.6. The van der Waals surface area contributed by atoms with Crippen LogP contribution in [0.2, 0.25) is 5.02 Å². The summed E-state index contributed by atoms with van der Waals surface area (Å²) in [7, 11) is 0. The highest BCUT2D eigenvalue weighted by Crippen LogP contribution is 2.14. The lowest BCUT2D eigenvalue weighted by molar-refractivity contribution is 0.0260. The normalized spacial score (nSPS) is 12.9. The quantitative estimate of drug-likeness (QED) is 0.763. The van der Waals surface area contributed by atoms with Gasteiger partial charge in [-0.25, -0.2) is 0 Å². The highest BCUT2D eigenvalue weighted by Gasteiger charge is 2.05. The molecule has 102 valence electrons. The fourth-order valence-corrected chi connectivity index (χ4v) is 1.72. The van der Waals surface area contributed by atoms with Gasteiger partial charge in [0.05, 0.1) is 12.7 Å². The number of aliphatic hydroxyl groups excluding tert-OH is 1. The van der Waals surface area contributed by atoms with E-state index >= 15 is 0 Å². The molecule has 0 amide bonds. The third-order valence-electron chi connectivity index (χ3n) is 2.41. The number of nitrogens with one attached hydrogen (secondary N) is 1. The minimum absolute atomic E-state index is 0.369. The molecule has 0 radical (unpaired) electrons. The van der Waals surface area contributed by atoms with Gasteiger partial charge in [-0.1, -0.05) is 43.6 Å². The van der Waals surface area contributed by atoms with Crippen molar-refractivity contribution >= 4 is 11.6 Å². The molecule has 1 unspecified atom stereocenters. The molecule has 2 N–H and O–H groups in total. The van der Waals surface area contributed by atoms with Crippen molar-refractivity contribution in [2.24, 2.45) is 5.92 Å². The molecule has 1 aromatic rings. The van der Waals surface area contributed by atoms with Crippen LogP contribution in [-0.2, 0) is 11.3 Å². The van der Waals surface area contributed by atoms with Crippen LogP contribution in [0.3, 0.4) is 0 Å². The number of rotatable bonds is 8. The number of benzene rings is 1. The smallest absolute Gasteiger partial charge is 0.0897 e. The topological polar surface area (TPSA) is 41.5 Å². The van der Waals surface area contributed by atoms with Crippen LogP contribution >= 0.6 is 11.6 Å². The molecule has 1 aromatic carbocycles. The second-order valence-electron chi connectivity index (χ2n) is 4.81. The van der Waals surface area contributed by atoms with E-state index < -0.39 is 6.10 Å². The molecule has 0 spiro atoms. The van der Waals surface area contributed by atoms with Crippen molar-refractivity contribution in [2.45, 2.75) is 26.5 Å². The standard InChI is InChI=1S/C14H22ClNO2/c1-11(2)9-18-10-13(17)8-16-7-12-5-3-4-6-14(12)15/h3-6,11,13,16-17H,7-10H2,1-2H3. The Kier molecular flexibility index (Phi) is 7.28. The van der Waals surface area contributed by atoms with Gasteiger partial charge in [0.25, 0.3) is 0 Å². The van der Waals surface area contributed by atoms with Gasteiger partial charge in [0.2, 0.25) is 0 Å². The molecular formula is C14H22ClNO2. The second-order valence-corrected chi connectivity index (χ2v) is 5.21. The summed E-state index contributed by atoms with van der Waals surface area (Å²) in [5.74, 6) is 0.494. The summed E-state index contributed by atoms with van der Waals surface area (Å²) in [4.78, 5) is 0. The van der Waals surface area contributed by atoms with Crippen LogP contribution < -0.4 is 5.32 Å². The average molecular weight is 272 g/mol. The summed E-state index contributed by atoms with van der Waals surface area (Å²) in [6, 6.07) is 7.68. The molecule has 0 bridgehead atoms. The largest absolute Gasteiger partial charge is 0.389 e. The fraction of sp³-hybridized carbons (Fsp3) is 0.571. The molecule has 0 aliphatic rings. The third kappa shape index (κ3) is 6.36. The zero-order valence-corrected chi connectivity index (χ0v) is 11.8. The van der Waals surface area contributed by atoms with Crippen molar-refractivity contribution in [1.29, 1.82) is 0 Å². The molecule has 1 rings (SSSR count). The van der Waals surface area contributed by atoms with Crippen molar-refractivity contribution in [3.63, 3.8) is 0 Å². The van der Waals surface area contributed by atoms with Crippen LogP contribution in [0.4, 0.5) is 0 Å². The number of hydrogen-bond acceptors (Lipinski definition) is 3. The SMILES string of the molecule is CC(C)COCC(O)CNCc1ccccc1Cl. The predicted octanol–water partition coefficient (Wildman–Crippen LogP) is 2.46. The zero-order valence-electron chi connectivity index (χ0n) is 11.0. The third-order valence-corrected chi connectivity index (χ3v) is 2.78. The Morgan fingerprint density at radius 1 is 1.28 bits per heavy atom. The minimum Gasteiger partial charge on any atom is -0.389 e. The van der Waals surface area contributed by atoms with E-state index in [9.17, 15) is 5.11 Å². The molecule has 1 atom stereocenters. The van der Waals surface area contributed by atoms with Crippen LogP contribution in [0.1, 0.15) is 19.4 Å². The predicted molar refractivity (Wildman–Crippen MR) is 74.8 cm³/mol. The second kappa shape index (κ2) is 8.48. The molecule has 0 aromatic heterocycles. The highest BCUT2D eigenvalue weighted by atomic mass is 35.5. The molecule has 3 nitrogen and oxygen atoms in total. The molecule has 0 saturated carbocycles. The van der Waals surface area contributed by atoms with E-state index in [1.54, 1.807) is 0 Å². The Morgan fingerprint density at radius 2 is 2.00 bits per heavy atom. The zero-order chi connectivity index (χ0) is 13.4. The number of aliphatic hydroxyl groups is 1. The number of ether oxygens (including phenoxy) is 1. The van der Waals surface area contributed by atoms with Crippen LogP contribution in [-0.4, -0.2) is 31.0 Å². The van der Waals surface area contributed by atoms with Gasteiger partial charge in [-0.3, -0.25) is 0 Å². The average Bonchev–Trinajstić information content (AvgIpc) is 2.31. The maximum absolute atomic E-state index is 9.69. The molecule has 0 fully saturated rings. The first kappa shape index (κ1) is 15.4. The van der Waals surface area contributed by atoms with Gasteiger partial charge in [0.1, 0.15) is 0 Å². The highest BCUT2D eigenvalue weighted by molar-refractivity contribution is 6.31. The van der Waals surface area contributed by atoms with E-state index in [0.717, 1.165) is 10.6 Å². The van der Waals surface area contributed by atoms with Crippen molar-refractivity contribution < 1.29 is 9.84 Å². The van der Waals surface area contributed by atoms with Gasteiger partial charge in [-0.05, 0) is 17.5 Å². The van der Waals surface area contributed by atoms with Crippen molar-refractivity contribution in [3.8, 4) is 0 Å². The molecular weight excluding hydrogens is 250 g/mol. The molecule has 0 heterocycles. The van der Waals surface area contributed by atoms with Crippen molar-refractivity contribution in [1.82, 2.24) is 5.32 Å². The first-order valence-electron chi connectivity index (χ1n) is 6.29. The molecule has 0 aliphatic heterocycles. The molecule has 4 heteroatoms. The Hall–Kier alpha value is -0.610. The number of halogens is 1. The van der Waals surface area contributed by atoms with Gasteiger partial charge in [0, 0.05) is 24.7 Å². The number of hydrogen-bond donors (Lipinski definition) is 2. The summed E-state index contributed by atoms with van der Waals surface area (Å²) in [6.07, 6.45) is -0.480. The van der Waals surface area contributed by atoms with Crippen molar-refractivity contribution in [3.05, 3.63) is 34.9 Å². The maximum Gasteiger partial charge on any atom is 0.0897 e. The Morgan fingerprint density at radius 3 is 2.67 bits per heavy atom. The van der Waals surface area contributed by atoms with E-state index in [1.165, 1.54) is 0 Å². The lowest BCUT2D eigenvalue weighted by atomic mass is 10.2. The van der Waals surface area contributed by atoms with Crippen LogP contribution in [0.15, 0.2) is 24.3 Å². The van der Waals surface area contributed by atoms with E-state index in [2.05, 4.69) is 19.2 Å². The van der Waals surface area contributed by atoms with E-state index in [4.69, 9.17) is 16.3 Å². The van der Waals surface area contributed by atoms with Crippen LogP contribution in [0, 0.1) is 5.92 Å². The van der Waals surface area contributed by atoms with Crippen LogP contribution in [0.5, 0.6) is 0 Å². The Balaban J connectivity index is 2.15. The molecule has 0 aliphatic carbocycles. The van der Waals surface area contributed by atoms with E-state index in [-0.39, 0.29) is 0 Å².